The molecule has 2 saturated heterocycles. The maximum Gasteiger partial charge on any atom is 0.203 e. The summed E-state index contributed by atoms with van der Waals surface area (Å²) in [7, 11) is 6.80. The lowest BCUT2D eigenvalue weighted by molar-refractivity contribution is -0.0702. The number of benzene rings is 1. The number of fused-ring (bicyclic) bond motifs is 2. The van der Waals surface area contributed by atoms with E-state index in [4.69, 9.17) is 18.9 Å². The van der Waals surface area contributed by atoms with E-state index in [9.17, 15) is 4.79 Å². The van der Waals surface area contributed by atoms with Crippen LogP contribution in [0.1, 0.15) is 23.2 Å². The fourth-order valence-corrected chi connectivity index (χ4v) is 3.77. The lowest BCUT2D eigenvalue weighted by Gasteiger charge is -2.46. The Bertz CT molecular complexity index is 578. The molecule has 0 aromatic heterocycles. The van der Waals surface area contributed by atoms with Gasteiger partial charge in [-0.1, -0.05) is 0 Å². The Morgan fingerprint density at radius 3 is 2.04 bits per heavy atom. The molecule has 24 heavy (non-hydrogen) atoms. The molecule has 0 amide bonds. The van der Waals surface area contributed by atoms with Crippen molar-refractivity contribution in [1.82, 2.24) is 4.90 Å². The Kier molecular flexibility index (Phi) is 4.96. The highest BCUT2D eigenvalue weighted by Gasteiger charge is 2.39. The summed E-state index contributed by atoms with van der Waals surface area (Å²) in [6.07, 6.45) is 1.64. The topological polar surface area (TPSA) is 57.2 Å². The zero-order chi connectivity index (χ0) is 17.3. The summed E-state index contributed by atoms with van der Waals surface area (Å²) in [6.45, 7) is 1.40. The van der Waals surface area contributed by atoms with Crippen molar-refractivity contribution in [3.63, 3.8) is 0 Å². The van der Waals surface area contributed by atoms with Crippen LogP contribution in [-0.2, 0) is 4.74 Å². The number of ether oxygens (including phenoxy) is 4. The first kappa shape index (κ1) is 17.0. The van der Waals surface area contributed by atoms with Gasteiger partial charge in [-0.25, -0.2) is 0 Å². The number of Topliss-reactive ketones (excluding diaryl/α,β-unsaturated/α-hetero) is 1. The molecule has 0 spiro atoms. The molecule has 1 aromatic rings. The number of carbonyl (C=O) groups is 1. The van der Waals surface area contributed by atoms with Crippen LogP contribution < -0.4 is 14.2 Å². The van der Waals surface area contributed by atoms with Crippen molar-refractivity contribution in [3.05, 3.63) is 17.7 Å². The summed E-state index contributed by atoms with van der Waals surface area (Å²) in [4.78, 5) is 15.4. The van der Waals surface area contributed by atoms with Gasteiger partial charge in [0, 0.05) is 23.6 Å². The number of hydrogen-bond acceptors (Lipinski definition) is 6. The molecule has 2 aliphatic rings. The third-order valence-corrected chi connectivity index (χ3v) is 5.21. The Morgan fingerprint density at radius 2 is 1.58 bits per heavy atom. The van der Waals surface area contributed by atoms with Crippen LogP contribution in [0.4, 0.5) is 0 Å². The predicted molar refractivity (Wildman–Crippen MR) is 89.3 cm³/mol. The van der Waals surface area contributed by atoms with Gasteiger partial charge in [0.15, 0.2) is 17.3 Å². The highest BCUT2D eigenvalue weighted by Crippen LogP contribution is 2.40. The maximum absolute atomic E-state index is 13.1. The van der Waals surface area contributed by atoms with Crippen LogP contribution in [0.15, 0.2) is 12.1 Å². The van der Waals surface area contributed by atoms with Gasteiger partial charge in [0.1, 0.15) is 0 Å². The first-order valence-corrected chi connectivity index (χ1v) is 8.23. The summed E-state index contributed by atoms with van der Waals surface area (Å²) < 4.78 is 21.7. The molecule has 0 saturated carbocycles. The number of nitrogens with zero attached hydrogens (tertiary/aromatic N) is 1. The van der Waals surface area contributed by atoms with Gasteiger partial charge in [-0.2, -0.15) is 0 Å². The average Bonchev–Trinajstić information content (AvgIpc) is 2.59. The normalized spacial score (nSPS) is 26.8. The number of hydrogen-bond donors (Lipinski definition) is 0. The monoisotopic (exact) mass is 335 g/mol. The van der Waals surface area contributed by atoms with Crippen LogP contribution in [0, 0.1) is 5.92 Å². The third-order valence-electron chi connectivity index (χ3n) is 5.21. The van der Waals surface area contributed by atoms with Crippen molar-refractivity contribution in [2.75, 3.05) is 41.6 Å². The molecule has 0 aliphatic carbocycles. The second-order valence-corrected chi connectivity index (χ2v) is 6.46. The van der Waals surface area contributed by atoms with E-state index in [1.165, 1.54) is 0 Å². The highest BCUT2D eigenvalue weighted by atomic mass is 16.5. The standard InChI is InChI=1S/C18H25NO5/c1-19-13-5-11(6-14(19)10-24-9-13)17(20)12-7-15(21-2)18(23-4)16(8-12)22-3/h7-8,11,13-14H,5-6,9-10H2,1-4H3. The number of piperidine rings is 1. The van der Waals surface area contributed by atoms with Gasteiger partial charge >= 0.3 is 0 Å². The van der Waals surface area contributed by atoms with E-state index in [0.717, 1.165) is 12.8 Å². The van der Waals surface area contributed by atoms with Crippen LogP contribution in [0.25, 0.3) is 0 Å². The number of ketones is 1. The van der Waals surface area contributed by atoms with Gasteiger partial charge in [-0.15, -0.1) is 0 Å². The molecular formula is C18H25NO5. The van der Waals surface area contributed by atoms with Crippen molar-refractivity contribution in [2.24, 2.45) is 5.92 Å². The molecule has 2 fully saturated rings. The molecule has 2 unspecified atom stereocenters. The van der Waals surface area contributed by atoms with Crippen molar-refractivity contribution in [1.29, 1.82) is 0 Å². The molecule has 6 nitrogen and oxygen atoms in total. The summed E-state index contributed by atoms with van der Waals surface area (Å²) >= 11 is 0. The molecule has 0 N–H and O–H groups in total. The van der Waals surface area contributed by atoms with Gasteiger partial charge in [0.05, 0.1) is 34.5 Å². The van der Waals surface area contributed by atoms with Gasteiger partial charge in [0.25, 0.3) is 0 Å². The summed E-state index contributed by atoms with van der Waals surface area (Å²) in [5, 5.41) is 0. The molecule has 6 heteroatoms. The Balaban J connectivity index is 1.87. The van der Waals surface area contributed by atoms with E-state index in [0.29, 0.717) is 48.1 Å². The molecule has 2 bridgehead atoms. The lowest BCUT2D eigenvalue weighted by Crippen LogP contribution is -2.55. The molecule has 2 aliphatic heterocycles. The van der Waals surface area contributed by atoms with Gasteiger partial charge < -0.3 is 18.9 Å². The third kappa shape index (κ3) is 2.96. The van der Waals surface area contributed by atoms with E-state index in [1.807, 2.05) is 0 Å². The first-order valence-electron chi connectivity index (χ1n) is 8.23. The summed E-state index contributed by atoms with van der Waals surface area (Å²) in [5.41, 5.74) is 0.609. The Hall–Kier alpha value is -1.79. The largest absolute Gasteiger partial charge is 0.493 e. The number of likely N-dealkylation sites (N-methyl/N-ethyl adjacent to an activating group) is 1. The molecule has 2 atom stereocenters. The summed E-state index contributed by atoms with van der Waals surface area (Å²) in [6, 6.07) is 4.12. The molecule has 3 rings (SSSR count). The van der Waals surface area contributed by atoms with Crippen LogP contribution in [0.2, 0.25) is 0 Å². The second-order valence-electron chi connectivity index (χ2n) is 6.46. The fourth-order valence-electron chi connectivity index (χ4n) is 3.77. The number of methoxy groups -OCH3 is 3. The Labute approximate surface area is 142 Å². The predicted octanol–water partition coefficient (Wildman–Crippen LogP) is 2.00. The van der Waals surface area contributed by atoms with Crippen molar-refractivity contribution in [3.8, 4) is 17.2 Å². The average molecular weight is 335 g/mol. The zero-order valence-corrected chi connectivity index (χ0v) is 14.7. The first-order chi connectivity index (χ1) is 11.6. The van der Waals surface area contributed by atoms with E-state index in [1.54, 1.807) is 33.5 Å². The summed E-state index contributed by atoms with van der Waals surface area (Å²) in [5.74, 6) is 1.67. The van der Waals surface area contributed by atoms with Crippen molar-refractivity contribution >= 4 is 5.78 Å². The molecule has 132 valence electrons. The van der Waals surface area contributed by atoms with Gasteiger partial charge in [-0.3, -0.25) is 9.69 Å². The molecule has 1 aromatic carbocycles. The molecular weight excluding hydrogens is 310 g/mol. The highest BCUT2D eigenvalue weighted by molar-refractivity contribution is 5.99. The SMILES string of the molecule is COc1cc(C(=O)C2CC3COCC(C2)N3C)cc(OC)c1OC. The van der Waals surface area contributed by atoms with Crippen LogP contribution in [0.3, 0.4) is 0 Å². The van der Waals surface area contributed by atoms with Crippen LogP contribution in [-0.4, -0.2) is 64.4 Å². The minimum Gasteiger partial charge on any atom is -0.493 e. The second kappa shape index (κ2) is 6.99. The van der Waals surface area contributed by atoms with Crippen LogP contribution >= 0.6 is 0 Å². The quantitative estimate of drug-likeness (QED) is 0.767. The smallest absolute Gasteiger partial charge is 0.203 e. The molecule has 0 radical (unpaired) electrons. The van der Waals surface area contributed by atoms with Gasteiger partial charge in [0.2, 0.25) is 5.75 Å². The Morgan fingerprint density at radius 1 is 1.04 bits per heavy atom. The van der Waals surface area contributed by atoms with E-state index >= 15 is 0 Å². The minimum absolute atomic E-state index is 0.00269. The lowest BCUT2D eigenvalue weighted by atomic mass is 9.81. The minimum atomic E-state index is 0.00269. The zero-order valence-electron chi connectivity index (χ0n) is 14.7. The van der Waals surface area contributed by atoms with E-state index in [2.05, 4.69) is 11.9 Å². The van der Waals surface area contributed by atoms with Gasteiger partial charge in [-0.05, 0) is 32.0 Å². The fraction of sp³-hybridized carbons (Fsp3) is 0.611. The molecule has 2 heterocycles. The van der Waals surface area contributed by atoms with Crippen LogP contribution in [0.5, 0.6) is 17.2 Å². The van der Waals surface area contributed by atoms with Crippen molar-refractivity contribution < 1.29 is 23.7 Å². The van der Waals surface area contributed by atoms with E-state index < -0.39 is 0 Å². The number of rotatable bonds is 5. The number of morpholine rings is 1. The van der Waals surface area contributed by atoms with E-state index in [-0.39, 0.29) is 11.7 Å². The number of carbonyl (C=O) groups excluding carboxylic acids is 1. The maximum atomic E-state index is 13.1. The van der Waals surface area contributed by atoms with Crippen molar-refractivity contribution in [2.45, 2.75) is 24.9 Å².